The lowest BCUT2D eigenvalue weighted by molar-refractivity contribution is -0.141. The molecule has 33 heavy (non-hydrogen) atoms. The second kappa shape index (κ2) is 9.28. The van der Waals surface area contributed by atoms with Gasteiger partial charge >= 0.3 is 6.03 Å². The van der Waals surface area contributed by atoms with E-state index < -0.39 is 0 Å². The number of carbonyl (C=O) groups excluding carboxylic acids is 2. The van der Waals surface area contributed by atoms with Crippen LogP contribution in [0.5, 0.6) is 0 Å². The lowest BCUT2D eigenvalue weighted by Crippen LogP contribution is -2.53. The molecule has 4 rings (SSSR count). The minimum absolute atomic E-state index is 0. The van der Waals surface area contributed by atoms with Crippen LogP contribution in [0.1, 0.15) is 77.9 Å². The van der Waals surface area contributed by atoms with Gasteiger partial charge in [0.05, 0.1) is 6.04 Å². The normalized spacial score (nSPS) is 23.8. The minimum atomic E-state index is -0.289. The fourth-order valence-electron chi connectivity index (χ4n) is 6.17. The molecule has 2 saturated heterocycles. The standard InChI is InChI=1S/C27H42N4O2.H2/c1-26(2,3)24(32)31-16-11-20(12-17-31)30-18-14-27(15-19-30)13-10-23(28-25(33)29(4)5)21-8-6-7-9-22(21)27;/h6-9,20,23H,10-19H2,1-5H3,(H,28,33);1H/t23-;/m1./s1. The van der Waals surface area contributed by atoms with E-state index in [0.717, 1.165) is 51.9 Å². The zero-order valence-corrected chi connectivity index (χ0v) is 21.2. The summed E-state index contributed by atoms with van der Waals surface area (Å²) in [6.45, 7) is 10.1. The first-order valence-electron chi connectivity index (χ1n) is 12.7. The van der Waals surface area contributed by atoms with Gasteiger partial charge in [0.15, 0.2) is 0 Å². The molecular weight excluding hydrogens is 412 g/mol. The summed E-state index contributed by atoms with van der Waals surface area (Å²) in [6, 6.07) is 9.46. The first-order chi connectivity index (χ1) is 15.6. The third-order valence-electron chi connectivity index (χ3n) is 8.19. The Balaban J connectivity index is 0.00000324. The molecule has 1 aromatic rings. The van der Waals surface area contributed by atoms with Crippen molar-refractivity contribution in [3.63, 3.8) is 0 Å². The second-order valence-electron chi connectivity index (χ2n) is 11.6. The van der Waals surface area contributed by atoms with Crippen LogP contribution in [0.3, 0.4) is 0 Å². The molecule has 3 amide bonds. The maximum absolute atomic E-state index is 12.6. The third-order valence-corrected chi connectivity index (χ3v) is 8.19. The number of hydrogen-bond acceptors (Lipinski definition) is 3. The lowest BCUT2D eigenvalue weighted by Gasteiger charge is -2.50. The van der Waals surface area contributed by atoms with Crippen LogP contribution in [0.25, 0.3) is 0 Å². The van der Waals surface area contributed by atoms with Gasteiger partial charge in [-0.2, -0.15) is 0 Å². The third kappa shape index (κ3) is 4.91. The maximum Gasteiger partial charge on any atom is 0.317 e. The Kier molecular flexibility index (Phi) is 6.77. The van der Waals surface area contributed by atoms with Gasteiger partial charge in [-0.05, 0) is 68.2 Å². The van der Waals surface area contributed by atoms with Gasteiger partial charge in [0.1, 0.15) is 0 Å². The smallest absolute Gasteiger partial charge is 0.317 e. The highest BCUT2D eigenvalue weighted by atomic mass is 16.2. The molecule has 2 fully saturated rings. The van der Waals surface area contributed by atoms with Crippen LogP contribution in [0.15, 0.2) is 24.3 Å². The van der Waals surface area contributed by atoms with Crippen LogP contribution in [0, 0.1) is 5.41 Å². The number of nitrogens with one attached hydrogen (secondary N) is 1. The average Bonchev–Trinajstić information content (AvgIpc) is 2.80. The Bertz CT molecular complexity index is 866. The van der Waals surface area contributed by atoms with E-state index in [-0.39, 0.29) is 30.2 Å². The van der Waals surface area contributed by atoms with E-state index in [0.29, 0.717) is 6.04 Å². The molecule has 0 aromatic heterocycles. The summed E-state index contributed by atoms with van der Waals surface area (Å²) in [5, 5.41) is 3.23. The number of fused-ring (bicyclic) bond motifs is 2. The molecule has 0 bridgehead atoms. The summed E-state index contributed by atoms with van der Waals surface area (Å²) < 4.78 is 0. The van der Waals surface area contributed by atoms with Crippen molar-refractivity contribution in [1.29, 1.82) is 0 Å². The van der Waals surface area contributed by atoms with Gasteiger partial charge in [-0.25, -0.2) is 4.79 Å². The number of piperidine rings is 2. The van der Waals surface area contributed by atoms with E-state index in [2.05, 4.69) is 39.4 Å². The molecule has 2 aliphatic heterocycles. The number of likely N-dealkylation sites (tertiary alicyclic amines) is 2. The summed E-state index contributed by atoms with van der Waals surface area (Å²) in [4.78, 5) is 31.3. The summed E-state index contributed by atoms with van der Waals surface area (Å²) in [5.41, 5.74) is 2.70. The van der Waals surface area contributed by atoms with Gasteiger partial charge in [0.2, 0.25) is 5.91 Å². The predicted octanol–water partition coefficient (Wildman–Crippen LogP) is 4.41. The molecule has 1 atom stereocenters. The van der Waals surface area contributed by atoms with Crippen LogP contribution in [-0.2, 0) is 10.2 Å². The molecule has 184 valence electrons. The van der Waals surface area contributed by atoms with E-state index in [1.165, 1.54) is 24.0 Å². The number of hydrogen-bond donors (Lipinski definition) is 1. The number of nitrogens with zero attached hydrogens (tertiary/aromatic N) is 3. The number of urea groups is 1. The molecule has 1 aliphatic carbocycles. The van der Waals surface area contributed by atoms with E-state index in [9.17, 15) is 9.59 Å². The topological polar surface area (TPSA) is 55.9 Å². The Morgan fingerprint density at radius 2 is 1.64 bits per heavy atom. The quantitative estimate of drug-likeness (QED) is 0.717. The molecule has 3 aliphatic rings. The number of amides is 3. The minimum Gasteiger partial charge on any atom is -0.342 e. The summed E-state index contributed by atoms with van der Waals surface area (Å²) in [5.74, 6) is 0.285. The molecule has 0 saturated carbocycles. The van der Waals surface area contributed by atoms with Crippen LogP contribution < -0.4 is 5.32 Å². The van der Waals surface area contributed by atoms with Crippen molar-refractivity contribution in [2.24, 2.45) is 5.41 Å². The molecule has 0 radical (unpaired) electrons. The first-order valence-corrected chi connectivity index (χ1v) is 12.7. The van der Waals surface area contributed by atoms with Gasteiger partial charge in [-0.3, -0.25) is 4.79 Å². The average molecular weight is 457 g/mol. The highest BCUT2D eigenvalue weighted by molar-refractivity contribution is 5.81. The van der Waals surface area contributed by atoms with E-state index in [1.54, 1.807) is 19.0 Å². The molecule has 2 heterocycles. The zero-order chi connectivity index (χ0) is 23.8. The number of rotatable bonds is 2. The summed E-state index contributed by atoms with van der Waals surface area (Å²) >= 11 is 0. The van der Waals surface area contributed by atoms with E-state index in [4.69, 9.17) is 0 Å². The fourth-order valence-corrected chi connectivity index (χ4v) is 6.17. The van der Waals surface area contributed by atoms with Crippen molar-refractivity contribution >= 4 is 11.9 Å². The van der Waals surface area contributed by atoms with Crippen LogP contribution >= 0.6 is 0 Å². The molecule has 0 unspecified atom stereocenters. The summed E-state index contributed by atoms with van der Waals surface area (Å²) in [6.07, 6.45) is 6.67. The van der Waals surface area contributed by atoms with E-state index in [1.807, 2.05) is 20.8 Å². The predicted molar refractivity (Wildman–Crippen MR) is 134 cm³/mol. The van der Waals surface area contributed by atoms with Gasteiger partial charge in [0, 0.05) is 40.1 Å². The van der Waals surface area contributed by atoms with Crippen molar-refractivity contribution in [3.05, 3.63) is 35.4 Å². The summed E-state index contributed by atoms with van der Waals surface area (Å²) in [7, 11) is 3.59. The van der Waals surface area contributed by atoms with Gasteiger partial charge in [-0.1, -0.05) is 45.0 Å². The lowest BCUT2D eigenvalue weighted by atomic mass is 9.63. The molecular formula is C27H44N4O2. The van der Waals surface area contributed by atoms with Crippen LogP contribution in [-0.4, -0.2) is 73.0 Å². The monoisotopic (exact) mass is 456 g/mol. The SMILES string of the molecule is CN(C)C(=O)N[C@@H]1CCC2(CCN(C3CCN(C(=O)C(C)(C)C)CC3)CC2)c2ccccc21.[HH]. The largest absolute Gasteiger partial charge is 0.342 e. The molecule has 1 N–H and O–H groups in total. The van der Waals surface area contributed by atoms with Crippen LogP contribution in [0.4, 0.5) is 4.79 Å². The number of carbonyl (C=O) groups is 2. The fraction of sp³-hybridized carbons (Fsp3) is 0.704. The van der Waals surface area contributed by atoms with Crippen molar-refractivity contribution in [2.75, 3.05) is 40.3 Å². The van der Waals surface area contributed by atoms with Gasteiger partial charge < -0.3 is 20.0 Å². The second-order valence-corrected chi connectivity index (χ2v) is 11.6. The van der Waals surface area contributed by atoms with Crippen LogP contribution in [0.2, 0.25) is 0 Å². The first kappa shape index (κ1) is 24.1. The Labute approximate surface area is 201 Å². The van der Waals surface area contributed by atoms with E-state index >= 15 is 0 Å². The Morgan fingerprint density at radius 1 is 1.00 bits per heavy atom. The van der Waals surface area contributed by atoms with Crippen molar-refractivity contribution in [2.45, 2.75) is 76.8 Å². The highest BCUT2D eigenvalue weighted by Crippen LogP contribution is 2.48. The molecule has 6 nitrogen and oxygen atoms in total. The van der Waals surface area contributed by atoms with Crippen molar-refractivity contribution in [1.82, 2.24) is 20.0 Å². The van der Waals surface area contributed by atoms with Gasteiger partial charge in [-0.15, -0.1) is 0 Å². The zero-order valence-electron chi connectivity index (χ0n) is 21.2. The molecule has 1 aromatic carbocycles. The molecule has 1 spiro atoms. The highest BCUT2D eigenvalue weighted by Gasteiger charge is 2.43. The Hall–Kier alpha value is -2.08. The van der Waals surface area contributed by atoms with Crippen molar-refractivity contribution in [3.8, 4) is 0 Å². The van der Waals surface area contributed by atoms with Gasteiger partial charge in [0.25, 0.3) is 0 Å². The molecule has 6 heteroatoms. The maximum atomic E-state index is 12.6. The van der Waals surface area contributed by atoms with Crippen molar-refractivity contribution < 1.29 is 11.0 Å². The number of benzene rings is 1. The Morgan fingerprint density at radius 3 is 2.24 bits per heavy atom.